The standard InChI is InChI=1S/C24H20F2N6O/c1-14-3-5-17(31-24(33)16-4-6-19(23(25)26)30-11-16)10-18(14)21-13-28-12-20(32-21)15-7-8-29-22(9-15)27-2/h3-13,23H,1-2H3,(H,27,29)(H,31,33). The number of hydrogen-bond acceptors (Lipinski definition) is 6. The van der Waals surface area contributed by atoms with Crippen molar-refractivity contribution in [3.8, 4) is 22.5 Å². The quantitative estimate of drug-likeness (QED) is 0.426. The molecule has 0 atom stereocenters. The molecule has 9 heteroatoms. The fourth-order valence-electron chi connectivity index (χ4n) is 3.21. The molecule has 4 aromatic rings. The summed E-state index contributed by atoms with van der Waals surface area (Å²) in [6.07, 6.45) is 3.48. The largest absolute Gasteiger partial charge is 0.373 e. The molecule has 4 rings (SSSR count). The fourth-order valence-corrected chi connectivity index (χ4v) is 3.21. The number of alkyl halides is 2. The molecule has 0 saturated carbocycles. The first kappa shape index (κ1) is 21.9. The van der Waals surface area contributed by atoms with Crippen molar-refractivity contribution in [1.29, 1.82) is 0 Å². The SMILES string of the molecule is CNc1cc(-c2cncc(-c3cc(NC(=O)c4ccc(C(F)F)nc4)ccc3C)n2)ccn1. The molecule has 33 heavy (non-hydrogen) atoms. The Morgan fingerprint density at radius 1 is 0.970 bits per heavy atom. The van der Waals surface area contributed by atoms with Crippen LogP contribution in [-0.2, 0) is 0 Å². The van der Waals surface area contributed by atoms with Gasteiger partial charge in [-0.1, -0.05) is 6.07 Å². The maximum Gasteiger partial charge on any atom is 0.280 e. The van der Waals surface area contributed by atoms with E-state index in [1.165, 1.54) is 6.07 Å². The van der Waals surface area contributed by atoms with Gasteiger partial charge in [-0.3, -0.25) is 14.8 Å². The van der Waals surface area contributed by atoms with Crippen LogP contribution in [0.5, 0.6) is 0 Å². The number of carbonyl (C=O) groups excluding carboxylic acids is 1. The molecule has 0 aliphatic carbocycles. The number of aromatic nitrogens is 4. The molecule has 1 amide bonds. The van der Waals surface area contributed by atoms with Gasteiger partial charge in [0.2, 0.25) is 0 Å². The van der Waals surface area contributed by atoms with Crippen molar-refractivity contribution >= 4 is 17.4 Å². The predicted molar refractivity (Wildman–Crippen MR) is 122 cm³/mol. The average Bonchev–Trinajstić information content (AvgIpc) is 2.85. The number of rotatable bonds is 6. The van der Waals surface area contributed by atoms with Crippen molar-refractivity contribution in [3.63, 3.8) is 0 Å². The highest BCUT2D eigenvalue weighted by molar-refractivity contribution is 6.04. The number of amides is 1. The Kier molecular flexibility index (Phi) is 6.30. The zero-order valence-electron chi connectivity index (χ0n) is 17.9. The van der Waals surface area contributed by atoms with E-state index in [9.17, 15) is 13.6 Å². The number of anilines is 2. The van der Waals surface area contributed by atoms with Gasteiger partial charge in [-0.25, -0.2) is 18.7 Å². The van der Waals surface area contributed by atoms with Crippen LogP contribution in [0, 0.1) is 6.92 Å². The number of halogens is 2. The van der Waals surface area contributed by atoms with Crippen molar-refractivity contribution < 1.29 is 13.6 Å². The first-order valence-corrected chi connectivity index (χ1v) is 10.1. The van der Waals surface area contributed by atoms with Crippen LogP contribution in [0.2, 0.25) is 0 Å². The first-order chi connectivity index (χ1) is 15.9. The van der Waals surface area contributed by atoms with Gasteiger partial charge in [0.05, 0.1) is 29.3 Å². The first-order valence-electron chi connectivity index (χ1n) is 10.1. The van der Waals surface area contributed by atoms with Gasteiger partial charge < -0.3 is 10.6 Å². The smallest absolute Gasteiger partial charge is 0.280 e. The van der Waals surface area contributed by atoms with E-state index in [1.807, 2.05) is 25.1 Å². The van der Waals surface area contributed by atoms with E-state index in [0.29, 0.717) is 17.1 Å². The van der Waals surface area contributed by atoms with Crippen LogP contribution >= 0.6 is 0 Å². The number of nitrogens with zero attached hydrogens (tertiary/aromatic N) is 4. The second-order valence-electron chi connectivity index (χ2n) is 7.23. The molecule has 0 saturated heterocycles. The second kappa shape index (κ2) is 9.47. The third kappa shape index (κ3) is 4.98. The maximum absolute atomic E-state index is 12.7. The van der Waals surface area contributed by atoms with Crippen LogP contribution in [0.3, 0.4) is 0 Å². The van der Waals surface area contributed by atoms with Gasteiger partial charge in [-0.05, 0) is 48.9 Å². The number of hydrogen-bond donors (Lipinski definition) is 2. The Labute approximate surface area is 189 Å². The summed E-state index contributed by atoms with van der Waals surface area (Å²) in [5.41, 5.74) is 4.29. The lowest BCUT2D eigenvalue weighted by Crippen LogP contribution is -2.12. The molecule has 0 aliphatic rings. The van der Waals surface area contributed by atoms with Crippen LogP contribution in [-0.4, -0.2) is 32.9 Å². The zero-order valence-corrected chi connectivity index (χ0v) is 17.9. The summed E-state index contributed by atoms with van der Waals surface area (Å²) in [6.45, 7) is 1.94. The summed E-state index contributed by atoms with van der Waals surface area (Å²) in [7, 11) is 1.79. The Balaban J connectivity index is 1.60. The van der Waals surface area contributed by atoms with Gasteiger partial charge in [0.15, 0.2) is 0 Å². The van der Waals surface area contributed by atoms with E-state index < -0.39 is 12.3 Å². The van der Waals surface area contributed by atoms with E-state index >= 15 is 0 Å². The minimum atomic E-state index is -2.68. The van der Waals surface area contributed by atoms with Crippen molar-refractivity contribution in [1.82, 2.24) is 19.9 Å². The van der Waals surface area contributed by atoms with Gasteiger partial charge in [-0.15, -0.1) is 0 Å². The van der Waals surface area contributed by atoms with E-state index in [0.717, 1.165) is 34.8 Å². The van der Waals surface area contributed by atoms with Crippen LogP contribution in [0.4, 0.5) is 20.3 Å². The van der Waals surface area contributed by atoms with Crippen LogP contribution < -0.4 is 10.6 Å². The molecular formula is C24H20F2N6O. The van der Waals surface area contributed by atoms with Gasteiger partial charge in [0.1, 0.15) is 11.5 Å². The Hall–Kier alpha value is -4.27. The number of carbonyl (C=O) groups is 1. The summed E-state index contributed by atoms with van der Waals surface area (Å²) in [5.74, 6) is 0.269. The molecule has 3 heterocycles. The van der Waals surface area contributed by atoms with E-state index in [2.05, 4.69) is 25.6 Å². The molecule has 7 nitrogen and oxygen atoms in total. The normalized spacial score (nSPS) is 10.8. The summed E-state index contributed by atoms with van der Waals surface area (Å²) < 4.78 is 25.4. The lowest BCUT2D eigenvalue weighted by molar-refractivity contribution is 0.102. The molecule has 166 valence electrons. The van der Waals surface area contributed by atoms with Crippen LogP contribution in [0.1, 0.15) is 28.0 Å². The van der Waals surface area contributed by atoms with E-state index in [4.69, 9.17) is 4.98 Å². The molecular weight excluding hydrogens is 426 g/mol. The highest BCUT2D eigenvalue weighted by Gasteiger charge is 2.13. The molecule has 0 bridgehead atoms. The Bertz CT molecular complexity index is 1290. The molecule has 0 fully saturated rings. The Morgan fingerprint density at radius 3 is 2.52 bits per heavy atom. The van der Waals surface area contributed by atoms with E-state index in [-0.39, 0.29) is 11.3 Å². The van der Waals surface area contributed by atoms with E-state index in [1.54, 1.807) is 37.8 Å². The molecule has 0 radical (unpaired) electrons. The van der Waals surface area contributed by atoms with Crippen molar-refractivity contribution in [2.45, 2.75) is 13.3 Å². The molecule has 3 aromatic heterocycles. The molecule has 0 unspecified atom stereocenters. The minimum absolute atomic E-state index is 0.182. The monoisotopic (exact) mass is 446 g/mol. The minimum Gasteiger partial charge on any atom is -0.373 e. The van der Waals surface area contributed by atoms with Gasteiger partial charge in [0, 0.05) is 36.3 Å². The van der Waals surface area contributed by atoms with Crippen molar-refractivity contribution in [2.24, 2.45) is 0 Å². The maximum atomic E-state index is 12.7. The number of aryl methyl sites for hydroxylation is 1. The summed E-state index contributed by atoms with van der Waals surface area (Å²) in [5, 5.41) is 5.77. The molecule has 0 spiro atoms. The topological polar surface area (TPSA) is 92.7 Å². The number of pyridine rings is 2. The summed E-state index contributed by atoms with van der Waals surface area (Å²) in [6, 6.07) is 11.6. The molecule has 0 aliphatic heterocycles. The third-order valence-electron chi connectivity index (χ3n) is 4.99. The van der Waals surface area contributed by atoms with Crippen LogP contribution in [0.15, 0.2) is 67.3 Å². The lowest BCUT2D eigenvalue weighted by Gasteiger charge is -2.11. The van der Waals surface area contributed by atoms with Gasteiger partial charge in [-0.2, -0.15) is 0 Å². The highest BCUT2D eigenvalue weighted by Crippen LogP contribution is 2.27. The lowest BCUT2D eigenvalue weighted by atomic mass is 10.0. The third-order valence-corrected chi connectivity index (χ3v) is 4.99. The number of benzene rings is 1. The van der Waals surface area contributed by atoms with Gasteiger partial charge in [0.25, 0.3) is 12.3 Å². The molecule has 2 N–H and O–H groups in total. The highest BCUT2D eigenvalue weighted by atomic mass is 19.3. The fraction of sp³-hybridized carbons (Fsp3) is 0.125. The average molecular weight is 446 g/mol. The second-order valence-corrected chi connectivity index (χ2v) is 7.23. The van der Waals surface area contributed by atoms with Crippen LogP contribution in [0.25, 0.3) is 22.5 Å². The molecule has 1 aromatic carbocycles. The Morgan fingerprint density at radius 2 is 1.79 bits per heavy atom. The van der Waals surface area contributed by atoms with Crippen molar-refractivity contribution in [2.75, 3.05) is 17.7 Å². The number of nitrogens with one attached hydrogen (secondary N) is 2. The predicted octanol–water partition coefficient (Wildman–Crippen LogP) is 5.14. The summed E-state index contributed by atoms with van der Waals surface area (Å²) >= 11 is 0. The summed E-state index contributed by atoms with van der Waals surface area (Å²) in [4.78, 5) is 29.5. The van der Waals surface area contributed by atoms with Crippen molar-refractivity contribution in [3.05, 3.63) is 84.1 Å². The zero-order chi connectivity index (χ0) is 23.4. The van der Waals surface area contributed by atoms with Gasteiger partial charge >= 0.3 is 0 Å².